The standard InChI is InChI=1S/C18H31ClN9O4P/c19-16-12-17(20-2-1-3-26-4-6-27(7-5-26)8-10-29)23-18(22-16)21-13-15-14-28(25-24-15)9-11-33(30,31)32/h12,14,29H,1-11,13H2,(H2,30,31,32)(H2,20,21,22,23). The Hall–Kier alpha value is -1.86. The smallest absolute Gasteiger partial charge is 0.327 e. The fourth-order valence-electron chi connectivity index (χ4n) is 3.42. The summed E-state index contributed by atoms with van der Waals surface area (Å²) in [6.07, 6.45) is 2.27. The first-order valence-corrected chi connectivity index (χ1v) is 13.0. The van der Waals surface area contributed by atoms with Crippen LogP contribution in [0.5, 0.6) is 0 Å². The molecule has 2 aromatic rings. The molecular formula is C18H31ClN9O4P. The number of nitrogens with one attached hydrogen (secondary N) is 2. The van der Waals surface area contributed by atoms with Gasteiger partial charge in [0.1, 0.15) is 16.7 Å². The van der Waals surface area contributed by atoms with Gasteiger partial charge in [-0.15, -0.1) is 5.10 Å². The summed E-state index contributed by atoms with van der Waals surface area (Å²) < 4.78 is 12.4. The zero-order valence-electron chi connectivity index (χ0n) is 18.3. The van der Waals surface area contributed by atoms with Crippen LogP contribution >= 0.6 is 19.2 Å². The molecule has 3 rings (SSSR count). The minimum atomic E-state index is -4.08. The van der Waals surface area contributed by atoms with Gasteiger partial charge in [0.25, 0.3) is 0 Å². The number of piperazine rings is 1. The van der Waals surface area contributed by atoms with Crippen LogP contribution in [0.2, 0.25) is 5.15 Å². The molecule has 1 aliphatic heterocycles. The summed E-state index contributed by atoms with van der Waals surface area (Å²) in [5.41, 5.74) is 0.581. The van der Waals surface area contributed by atoms with E-state index in [1.165, 1.54) is 4.68 Å². The van der Waals surface area contributed by atoms with E-state index in [9.17, 15) is 4.57 Å². The normalized spacial score (nSPS) is 15.6. The largest absolute Gasteiger partial charge is 0.395 e. The van der Waals surface area contributed by atoms with Gasteiger partial charge >= 0.3 is 7.60 Å². The lowest BCUT2D eigenvalue weighted by Crippen LogP contribution is -2.47. The monoisotopic (exact) mass is 503 g/mol. The first-order valence-electron chi connectivity index (χ1n) is 10.8. The van der Waals surface area contributed by atoms with Crippen molar-refractivity contribution < 1.29 is 19.5 Å². The Morgan fingerprint density at radius 3 is 2.48 bits per heavy atom. The van der Waals surface area contributed by atoms with Crippen LogP contribution in [0.4, 0.5) is 11.8 Å². The molecule has 3 heterocycles. The SMILES string of the molecule is O=P(O)(O)CCn1cc(CNc2nc(Cl)cc(NCCCN3CCN(CCO)CC3)n2)nn1. The van der Waals surface area contributed by atoms with Crippen molar-refractivity contribution in [1.29, 1.82) is 0 Å². The van der Waals surface area contributed by atoms with Crippen molar-refractivity contribution in [2.75, 3.05) is 69.2 Å². The Labute approximate surface area is 197 Å². The number of hydrogen-bond acceptors (Lipinski definition) is 10. The summed E-state index contributed by atoms with van der Waals surface area (Å²) in [5.74, 6) is 0.963. The Balaban J connectivity index is 1.39. The summed E-state index contributed by atoms with van der Waals surface area (Å²) in [7, 11) is -4.08. The number of aliphatic hydroxyl groups excluding tert-OH is 1. The van der Waals surface area contributed by atoms with Crippen LogP contribution in [0.15, 0.2) is 12.3 Å². The second-order valence-corrected chi connectivity index (χ2v) is 9.97. The highest BCUT2D eigenvalue weighted by molar-refractivity contribution is 7.51. The molecule has 13 nitrogen and oxygen atoms in total. The number of hydrogen-bond donors (Lipinski definition) is 5. The fraction of sp³-hybridized carbons (Fsp3) is 0.667. The predicted molar refractivity (Wildman–Crippen MR) is 124 cm³/mol. The van der Waals surface area contributed by atoms with Gasteiger partial charge in [-0.1, -0.05) is 16.8 Å². The van der Waals surface area contributed by atoms with Gasteiger partial charge < -0.3 is 30.4 Å². The van der Waals surface area contributed by atoms with Gasteiger partial charge in [0.15, 0.2) is 0 Å². The lowest BCUT2D eigenvalue weighted by molar-refractivity contribution is 0.112. The number of aliphatic hydroxyl groups is 1. The minimum absolute atomic E-state index is 0.0807. The van der Waals surface area contributed by atoms with Crippen LogP contribution in [0, 0.1) is 0 Å². The maximum Gasteiger partial charge on any atom is 0.327 e. The van der Waals surface area contributed by atoms with E-state index in [0.717, 1.165) is 52.2 Å². The highest BCUT2D eigenvalue weighted by Crippen LogP contribution is 2.33. The highest BCUT2D eigenvalue weighted by Gasteiger charge is 2.16. The lowest BCUT2D eigenvalue weighted by atomic mass is 10.3. The van der Waals surface area contributed by atoms with E-state index in [4.69, 9.17) is 26.5 Å². The summed E-state index contributed by atoms with van der Waals surface area (Å²) in [4.78, 5) is 31.2. The molecule has 1 saturated heterocycles. The van der Waals surface area contributed by atoms with Gasteiger partial charge in [-0.05, 0) is 13.0 Å². The van der Waals surface area contributed by atoms with E-state index >= 15 is 0 Å². The first kappa shape index (κ1) is 25.8. The maximum atomic E-state index is 11.0. The van der Waals surface area contributed by atoms with Crippen molar-refractivity contribution in [3.8, 4) is 0 Å². The van der Waals surface area contributed by atoms with E-state index in [2.05, 4.69) is 40.7 Å². The number of halogens is 1. The Morgan fingerprint density at radius 1 is 1.06 bits per heavy atom. The number of anilines is 2. The van der Waals surface area contributed by atoms with Crippen molar-refractivity contribution in [3.05, 3.63) is 23.1 Å². The summed E-state index contributed by atoms with van der Waals surface area (Å²) in [6.45, 7) is 7.06. The Kier molecular flexibility index (Phi) is 9.80. The van der Waals surface area contributed by atoms with Crippen LogP contribution in [-0.4, -0.2) is 108 Å². The molecule has 184 valence electrons. The minimum Gasteiger partial charge on any atom is -0.395 e. The molecule has 0 radical (unpaired) electrons. The molecule has 0 aromatic carbocycles. The quantitative estimate of drug-likeness (QED) is 0.140. The van der Waals surface area contributed by atoms with E-state index in [0.29, 0.717) is 22.6 Å². The highest BCUT2D eigenvalue weighted by atomic mass is 35.5. The number of nitrogens with zero attached hydrogens (tertiary/aromatic N) is 7. The molecule has 15 heteroatoms. The van der Waals surface area contributed by atoms with Gasteiger partial charge in [0, 0.05) is 45.3 Å². The zero-order chi connectivity index (χ0) is 23.7. The average Bonchev–Trinajstić information content (AvgIpc) is 3.22. The zero-order valence-corrected chi connectivity index (χ0v) is 20.0. The first-order chi connectivity index (χ1) is 15.8. The van der Waals surface area contributed by atoms with Gasteiger partial charge in [-0.3, -0.25) is 14.1 Å². The van der Waals surface area contributed by atoms with E-state index in [1.807, 2.05) is 0 Å². The van der Waals surface area contributed by atoms with Crippen molar-refractivity contribution in [1.82, 2.24) is 34.8 Å². The molecule has 0 spiro atoms. The van der Waals surface area contributed by atoms with E-state index in [1.54, 1.807) is 12.3 Å². The van der Waals surface area contributed by atoms with E-state index < -0.39 is 7.60 Å². The van der Waals surface area contributed by atoms with Crippen LogP contribution in [0.3, 0.4) is 0 Å². The van der Waals surface area contributed by atoms with Crippen LogP contribution < -0.4 is 10.6 Å². The molecule has 1 fully saturated rings. The molecule has 2 aromatic heterocycles. The molecule has 0 amide bonds. The molecule has 0 bridgehead atoms. The second kappa shape index (κ2) is 12.6. The van der Waals surface area contributed by atoms with E-state index in [-0.39, 0.29) is 25.9 Å². The second-order valence-electron chi connectivity index (χ2n) is 7.80. The molecule has 0 saturated carbocycles. The van der Waals surface area contributed by atoms with Crippen molar-refractivity contribution in [2.45, 2.75) is 19.5 Å². The van der Waals surface area contributed by atoms with Crippen LogP contribution in [-0.2, 0) is 17.7 Å². The molecule has 33 heavy (non-hydrogen) atoms. The lowest BCUT2D eigenvalue weighted by Gasteiger charge is -2.34. The fourth-order valence-corrected chi connectivity index (χ4v) is 4.06. The molecule has 5 N–H and O–H groups in total. The topological polar surface area (TPSA) is 165 Å². The predicted octanol–water partition coefficient (Wildman–Crippen LogP) is -0.0768. The maximum absolute atomic E-state index is 11.0. The third-order valence-corrected chi connectivity index (χ3v) is 6.14. The molecule has 0 atom stereocenters. The van der Waals surface area contributed by atoms with Gasteiger partial charge in [0.2, 0.25) is 5.95 Å². The van der Waals surface area contributed by atoms with Crippen molar-refractivity contribution in [2.24, 2.45) is 0 Å². The summed E-state index contributed by atoms with van der Waals surface area (Å²) >= 11 is 6.13. The average molecular weight is 504 g/mol. The van der Waals surface area contributed by atoms with Crippen LogP contribution in [0.25, 0.3) is 0 Å². The Bertz CT molecular complexity index is 920. The third kappa shape index (κ3) is 9.49. The number of aryl methyl sites for hydroxylation is 1. The van der Waals surface area contributed by atoms with Crippen LogP contribution in [0.1, 0.15) is 12.1 Å². The van der Waals surface area contributed by atoms with Gasteiger partial charge in [-0.25, -0.2) is 4.98 Å². The summed E-state index contributed by atoms with van der Waals surface area (Å²) in [5, 5.41) is 23.5. The molecule has 0 aliphatic carbocycles. The molecular weight excluding hydrogens is 473 g/mol. The molecule has 1 aliphatic rings. The summed E-state index contributed by atoms with van der Waals surface area (Å²) in [6, 6.07) is 1.67. The Morgan fingerprint density at radius 2 is 1.79 bits per heavy atom. The number of rotatable bonds is 13. The van der Waals surface area contributed by atoms with Gasteiger partial charge in [-0.2, -0.15) is 4.98 Å². The van der Waals surface area contributed by atoms with Crippen molar-refractivity contribution >= 4 is 31.0 Å². The van der Waals surface area contributed by atoms with Gasteiger partial charge in [0.05, 0.1) is 32.1 Å². The third-order valence-electron chi connectivity index (χ3n) is 5.17. The van der Waals surface area contributed by atoms with Crippen molar-refractivity contribution in [3.63, 3.8) is 0 Å². The number of β-amino-alcohol motifs (C(OH)–C–C–N with tert-alkyl or cyclic N) is 1. The number of aromatic nitrogens is 5. The molecule has 0 unspecified atom stereocenters.